The Morgan fingerprint density at radius 1 is 1.12 bits per heavy atom. The smallest absolute Gasteiger partial charge is 0.416 e. The van der Waals surface area contributed by atoms with Crippen molar-refractivity contribution in [1.29, 1.82) is 0 Å². The lowest BCUT2D eigenvalue weighted by atomic mass is 10.1. The van der Waals surface area contributed by atoms with E-state index in [0.717, 1.165) is 12.1 Å². The third-order valence-electron chi connectivity index (χ3n) is 3.26. The number of halogens is 3. The van der Waals surface area contributed by atoms with Gasteiger partial charge < -0.3 is 9.73 Å². The molecule has 0 spiro atoms. The van der Waals surface area contributed by atoms with Crippen molar-refractivity contribution in [3.8, 4) is 11.5 Å². The summed E-state index contributed by atoms with van der Waals surface area (Å²) in [5.41, 5.74) is 0.507. The molecular formula is C16H13F3N4O. The van der Waals surface area contributed by atoms with Gasteiger partial charge in [-0.25, -0.2) is 4.98 Å². The van der Waals surface area contributed by atoms with Crippen LogP contribution in [0.2, 0.25) is 0 Å². The molecular weight excluding hydrogens is 321 g/mol. The molecule has 1 aromatic carbocycles. The highest BCUT2D eigenvalue weighted by Gasteiger charge is 2.30. The van der Waals surface area contributed by atoms with Gasteiger partial charge in [-0.3, -0.25) is 0 Å². The van der Waals surface area contributed by atoms with Crippen LogP contribution in [0.25, 0.3) is 11.5 Å². The highest BCUT2D eigenvalue weighted by molar-refractivity contribution is 5.57. The predicted molar refractivity (Wildman–Crippen MR) is 81.0 cm³/mol. The summed E-state index contributed by atoms with van der Waals surface area (Å²) in [6, 6.07) is 8.56. The Hall–Kier alpha value is -2.90. The first-order valence-electron chi connectivity index (χ1n) is 7.08. The molecule has 3 aromatic rings. The van der Waals surface area contributed by atoms with Gasteiger partial charge in [-0.15, -0.1) is 10.2 Å². The molecule has 0 amide bonds. The molecule has 0 bridgehead atoms. The van der Waals surface area contributed by atoms with E-state index in [1.54, 1.807) is 31.3 Å². The molecule has 24 heavy (non-hydrogen) atoms. The number of hydrogen-bond donors (Lipinski definition) is 1. The minimum atomic E-state index is -4.36. The van der Waals surface area contributed by atoms with E-state index < -0.39 is 11.7 Å². The van der Waals surface area contributed by atoms with Crippen LogP contribution in [0.5, 0.6) is 0 Å². The highest BCUT2D eigenvalue weighted by Crippen LogP contribution is 2.29. The van der Waals surface area contributed by atoms with E-state index in [-0.39, 0.29) is 6.54 Å². The van der Waals surface area contributed by atoms with E-state index in [4.69, 9.17) is 4.42 Å². The van der Waals surface area contributed by atoms with Crippen molar-refractivity contribution in [1.82, 2.24) is 15.2 Å². The van der Waals surface area contributed by atoms with Crippen LogP contribution in [0.4, 0.5) is 19.0 Å². The number of hydrogen-bond acceptors (Lipinski definition) is 5. The number of alkyl halides is 3. The Balaban J connectivity index is 1.73. The first-order valence-corrected chi connectivity index (χ1v) is 7.08. The summed E-state index contributed by atoms with van der Waals surface area (Å²) in [5.74, 6) is 1.30. The summed E-state index contributed by atoms with van der Waals surface area (Å²) >= 11 is 0. The summed E-state index contributed by atoms with van der Waals surface area (Å²) in [6.45, 7) is 1.90. The van der Waals surface area contributed by atoms with Gasteiger partial charge in [0.2, 0.25) is 11.8 Å². The van der Waals surface area contributed by atoms with Crippen molar-refractivity contribution >= 4 is 5.82 Å². The van der Waals surface area contributed by atoms with Crippen LogP contribution in [0.15, 0.2) is 47.0 Å². The monoisotopic (exact) mass is 334 g/mol. The van der Waals surface area contributed by atoms with Gasteiger partial charge >= 0.3 is 6.18 Å². The summed E-state index contributed by atoms with van der Waals surface area (Å²) in [7, 11) is 0. The normalized spacial score (nSPS) is 11.5. The van der Waals surface area contributed by atoms with Crippen LogP contribution in [-0.2, 0) is 12.7 Å². The Bertz CT molecular complexity index is 845. The van der Waals surface area contributed by atoms with Gasteiger partial charge in [0.25, 0.3) is 0 Å². The van der Waals surface area contributed by atoms with E-state index in [9.17, 15) is 13.2 Å². The Kier molecular flexibility index (Phi) is 4.20. The van der Waals surface area contributed by atoms with E-state index >= 15 is 0 Å². The fourth-order valence-corrected chi connectivity index (χ4v) is 2.12. The number of anilines is 1. The molecule has 5 nitrogen and oxygen atoms in total. The SMILES string of the molecule is Cc1nnc(-c2ccnc(NCc3cccc(C(F)(F)F)c3)c2)o1. The first kappa shape index (κ1) is 16.0. The van der Waals surface area contributed by atoms with Crippen LogP contribution in [-0.4, -0.2) is 15.2 Å². The van der Waals surface area contributed by atoms with Crippen LogP contribution >= 0.6 is 0 Å². The maximum atomic E-state index is 12.7. The van der Waals surface area contributed by atoms with Crippen LogP contribution in [0.3, 0.4) is 0 Å². The molecule has 0 atom stereocenters. The lowest BCUT2D eigenvalue weighted by Crippen LogP contribution is -2.07. The zero-order chi connectivity index (χ0) is 17.2. The molecule has 0 aliphatic carbocycles. The van der Waals surface area contributed by atoms with Gasteiger partial charge in [-0.1, -0.05) is 12.1 Å². The van der Waals surface area contributed by atoms with Gasteiger partial charge in [0.15, 0.2) is 0 Å². The number of nitrogens with zero attached hydrogens (tertiary/aromatic N) is 3. The Labute approximate surface area is 135 Å². The van der Waals surface area contributed by atoms with E-state index in [1.165, 1.54) is 6.07 Å². The topological polar surface area (TPSA) is 63.8 Å². The summed E-state index contributed by atoms with van der Waals surface area (Å²) < 4.78 is 43.5. The van der Waals surface area contributed by atoms with Crippen molar-refractivity contribution in [2.75, 3.05) is 5.32 Å². The standard InChI is InChI=1S/C16H13F3N4O/c1-10-22-23-15(24-10)12-5-6-20-14(8-12)21-9-11-3-2-4-13(7-11)16(17,18)19/h2-8H,9H2,1H3,(H,20,21). The van der Waals surface area contributed by atoms with Crippen LogP contribution in [0, 0.1) is 6.92 Å². The summed E-state index contributed by atoms with van der Waals surface area (Å²) in [6.07, 6.45) is -2.80. The lowest BCUT2D eigenvalue weighted by molar-refractivity contribution is -0.137. The fourth-order valence-electron chi connectivity index (χ4n) is 2.12. The second kappa shape index (κ2) is 6.31. The molecule has 0 fully saturated rings. The van der Waals surface area contributed by atoms with Crippen molar-refractivity contribution in [3.63, 3.8) is 0 Å². The van der Waals surface area contributed by atoms with Crippen LogP contribution < -0.4 is 5.32 Å². The summed E-state index contributed by atoms with van der Waals surface area (Å²) in [5, 5.41) is 10.7. The van der Waals surface area contributed by atoms with Gasteiger partial charge in [0, 0.05) is 25.2 Å². The summed E-state index contributed by atoms with van der Waals surface area (Å²) in [4.78, 5) is 4.13. The average Bonchev–Trinajstić information content (AvgIpc) is 2.99. The Morgan fingerprint density at radius 2 is 1.96 bits per heavy atom. The van der Waals surface area contributed by atoms with Gasteiger partial charge in [-0.05, 0) is 29.8 Å². The highest BCUT2D eigenvalue weighted by atomic mass is 19.4. The van der Waals surface area contributed by atoms with Crippen molar-refractivity contribution in [2.45, 2.75) is 19.6 Å². The number of nitrogens with one attached hydrogen (secondary N) is 1. The lowest BCUT2D eigenvalue weighted by Gasteiger charge is -2.10. The average molecular weight is 334 g/mol. The predicted octanol–water partition coefficient (Wildman–Crippen LogP) is 4.07. The quantitative estimate of drug-likeness (QED) is 0.779. The zero-order valence-corrected chi connectivity index (χ0v) is 12.6. The molecule has 1 N–H and O–H groups in total. The maximum absolute atomic E-state index is 12.7. The molecule has 0 aliphatic heterocycles. The molecule has 3 rings (SSSR count). The third kappa shape index (κ3) is 3.70. The molecule has 2 heterocycles. The minimum Gasteiger partial charge on any atom is -0.421 e. The molecule has 124 valence electrons. The molecule has 2 aromatic heterocycles. The van der Waals surface area contributed by atoms with Gasteiger partial charge in [0.05, 0.1) is 5.56 Å². The second-order valence-corrected chi connectivity index (χ2v) is 5.11. The third-order valence-corrected chi connectivity index (χ3v) is 3.26. The number of benzene rings is 1. The molecule has 8 heteroatoms. The second-order valence-electron chi connectivity index (χ2n) is 5.11. The maximum Gasteiger partial charge on any atom is 0.416 e. The van der Waals surface area contributed by atoms with Crippen LogP contribution in [0.1, 0.15) is 17.0 Å². The number of rotatable bonds is 4. The number of aryl methyl sites for hydroxylation is 1. The Morgan fingerprint density at radius 3 is 2.67 bits per heavy atom. The van der Waals surface area contributed by atoms with Gasteiger partial charge in [0.1, 0.15) is 5.82 Å². The molecule has 0 unspecified atom stereocenters. The van der Waals surface area contributed by atoms with E-state index in [1.807, 2.05) is 0 Å². The number of aromatic nitrogens is 3. The molecule has 0 radical (unpaired) electrons. The largest absolute Gasteiger partial charge is 0.421 e. The van der Waals surface area contributed by atoms with Gasteiger partial charge in [-0.2, -0.15) is 13.2 Å². The molecule has 0 aliphatic rings. The fraction of sp³-hybridized carbons (Fsp3) is 0.188. The van der Waals surface area contributed by atoms with E-state index in [2.05, 4.69) is 20.5 Å². The zero-order valence-electron chi connectivity index (χ0n) is 12.6. The number of pyridine rings is 1. The van der Waals surface area contributed by atoms with Crippen molar-refractivity contribution < 1.29 is 17.6 Å². The van der Waals surface area contributed by atoms with Crippen molar-refractivity contribution in [3.05, 3.63) is 59.6 Å². The molecule has 0 saturated carbocycles. The van der Waals surface area contributed by atoms with E-state index in [0.29, 0.717) is 28.7 Å². The first-order chi connectivity index (χ1) is 11.4. The molecule has 0 saturated heterocycles. The van der Waals surface area contributed by atoms with Crippen molar-refractivity contribution in [2.24, 2.45) is 0 Å². The minimum absolute atomic E-state index is 0.212.